The van der Waals surface area contributed by atoms with Crippen LogP contribution in [0.3, 0.4) is 0 Å². The highest BCUT2D eigenvalue weighted by atomic mass is 19.4. The van der Waals surface area contributed by atoms with Crippen LogP contribution < -0.4 is 10.5 Å². The van der Waals surface area contributed by atoms with Gasteiger partial charge in [0.15, 0.2) is 6.61 Å². The highest BCUT2D eigenvalue weighted by Gasteiger charge is 2.33. The van der Waals surface area contributed by atoms with Gasteiger partial charge in [-0.25, -0.2) is 13.8 Å². The quantitative estimate of drug-likeness (QED) is 0.849. The average Bonchev–Trinajstić information content (AvgIpc) is 2.24. The highest BCUT2D eigenvalue weighted by Crippen LogP contribution is 2.30. The van der Waals surface area contributed by atoms with Gasteiger partial charge in [0.1, 0.15) is 11.3 Å². The minimum Gasteiger partial charge on any atom is -0.471 e. The lowest BCUT2D eigenvalue weighted by Crippen LogP contribution is -2.18. The van der Waals surface area contributed by atoms with E-state index in [4.69, 9.17) is 5.73 Å². The molecule has 0 bridgehead atoms. The number of amides is 1. The number of nitrogens with zero attached hydrogens (tertiary/aromatic N) is 1. The molecule has 0 saturated heterocycles. The van der Waals surface area contributed by atoms with E-state index in [0.717, 1.165) is 6.07 Å². The molecule has 18 heavy (non-hydrogen) atoms. The Labute approximate surface area is 97.6 Å². The van der Waals surface area contributed by atoms with Gasteiger partial charge in [-0.05, 0) is 12.1 Å². The lowest BCUT2D eigenvalue weighted by molar-refractivity contribution is -0.141. The standard InChI is InChI=1S/C9H7F5N2O2/c10-6(11)3-18-8-4(7(15)17)1-2-5(16-8)9(12,13)14/h1-2,6H,3H2,(H2,15,17). The molecule has 100 valence electrons. The van der Waals surface area contributed by atoms with Crippen molar-refractivity contribution < 1.29 is 31.5 Å². The average molecular weight is 270 g/mol. The molecule has 1 rings (SSSR count). The van der Waals surface area contributed by atoms with Gasteiger partial charge in [0.2, 0.25) is 5.88 Å². The van der Waals surface area contributed by atoms with Crippen molar-refractivity contribution in [3.05, 3.63) is 23.4 Å². The first-order valence-corrected chi connectivity index (χ1v) is 4.51. The van der Waals surface area contributed by atoms with Gasteiger partial charge in [0, 0.05) is 0 Å². The summed E-state index contributed by atoms with van der Waals surface area (Å²) >= 11 is 0. The van der Waals surface area contributed by atoms with Crippen molar-refractivity contribution in [1.82, 2.24) is 4.98 Å². The number of primary amides is 1. The molecule has 0 radical (unpaired) electrons. The number of carbonyl (C=O) groups is 1. The number of hydrogen-bond acceptors (Lipinski definition) is 3. The number of rotatable bonds is 4. The number of halogens is 5. The van der Waals surface area contributed by atoms with Crippen molar-refractivity contribution in [2.75, 3.05) is 6.61 Å². The third-order valence-corrected chi connectivity index (χ3v) is 1.76. The normalized spacial score (nSPS) is 11.7. The van der Waals surface area contributed by atoms with Crippen molar-refractivity contribution >= 4 is 5.91 Å². The summed E-state index contributed by atoms with van der Waals surface area (Å²) in [6.07, 6.45) is -7.69. The molecule has 1 aromatic rings. The van der Waals surface area contributed by atoms with E-state index in [1.807, 2.05) is 0 Å². The smallest absolute Gasteiger partial charge is 0.433 e. The van der Waals surface area contributed by atoms with E-state index in [2.05, 4.69) is 9.72 Å². The molecular formula is C9H7F5N2O2. The second-order valence-electron chi connectivity index (χ2n) is 3.11. The van der Waals surface area contributed by atoms with Crippen molar-refractivity contribution in [3.8, 4) is 5.88 Å². The summed E-state index contributed by atoms with van der Waals surface area (Å²) in [5.41, 5.74) is 2.99. The molecule has 0 atom stereocenters. The summed E-state index contributed by atoms with van der Waals surface area (Å²) in [6, 6.07) is 1.23. The van der Waals surface area contributed by atoms with E-state index in [0.29, 0.717) is 6.07 Å². The molecule has 2 N–H and O–H groups in total. The summed E-state index contributed by atoms with van der Waals surface area (Å²) in [7, 11) is 0. The zero-order valence-corrected chi connectivity index (χ0v) is 8.67. The maximum absolute atomic E-state index is 12.3. The fourth-order valence-electron chi connectivity index (χ4n) is 1.04. The predicted octanol–water partition coefficient (Wildman–Crippen LogP) is 1.84. The van der Waals surface area contributed by atoms with Gasteiger partial charge in [-0.3, -0.25) is 4.79 Å². The van der Waals surface area contributed by atoms with Gasteiger partial charge in [-0.1, -0.05) is 0 Å². The number of nitrogens with two attached hydrogens (primary N) is 1. The first-order chi connectivity index (χ1) is 8.21. The predicted molar refractivity (Wildman–Crippen MR) is 49.3 cm³/mol. The Hall–Kier alpha value is -1.93. The van der Waals surface area contributed by atoms with Crippen LogP contribution in [0, 0.1) is 0 Å². The molecule has 0 aromatic carbocycles. The zero-order valence-electron chi connectivity index (χ0n) is 8.67. The number of aromatic nitrogens is 1. The first kappa shape index (κ1) is 14.1. The lowest BCUT2D eigenvalue weighted by atomic mass is 10.2. The SMILES string of the molecule is NC(=O)c1ccc(C(F)(F)F)nc1OCC(F)F. The largest absolute Gasteiger partial charge is 0.471 e. The number of pyridine rings is 1. The van der Waals surface area contributed by atoms with E-state index in [1.165, 1.54) is 0 Å². The first-order valence-electron chi connectivity index (χ1n) is 4.51. The fraction of sp³-hybridized carbons (Fsp3) is 0.333. The van der Waals surface area contributed by atoms with E-state index in [9.17, 15) is 26.7 Å². The van der Waals surface area contributed by atoms with Crippen LogP contribution >= 0.6 is 0 Å². The summed E-state index contributed by atoms with van der Waals surface area (Å²) < 4.78 is 65.1. The van der Waals surface area contributed by atoms with Gasteiger partial charge < -0.3 is 10.5 Å². The molecule has 0 spiro atoms. The second-order valence-corrected chi connectivity index (χ2v) is 3.11. The van der Waals surface area contributed by atoms with E-state index in [-0.39, 0.29) is 0 Å². The number of alkyl halides is 5. The van der Waals surface area contributed by atoms with E-state index >= 15 is 0 Å². The minimum atomic E-state index is -4.78. The lowest BCUT2D eigenvalue weighted by Gasteiger charge is -2.11. The molecule has 4 nitrogen and oxygen atoms in total. The van der Waals surface area contributed by atoms with Crippen molar-refractivity contribution in [1.29, 1.82) is 0 Å². The van der Waals surface area contributed by atoms with Crippen LogP contribution in [0.15, 0.2) is 12.1 Å². The van der Waals surface area contributed by atoms with Gasteiger partial charge in [-0.2, -0.15) is 13.2 Å². The summed E-state index contributed by atoms with van der Waals surface area (Å²) in [5, 5.41) is 0. The van der Waals surface area contributed by atoms with Crippen LogP contribution in [-0.4, -0.2) is 23.9 Å². The minimum absolute atomic E-state index is 0.497. The van der Waals surface area contributed by atoms with Crippen LogP contribution in [0.4, 0.5) is 22.0 Å². The molecule has 9 heteroatoms. The van der Waals surface area contributed by atoms with Gasteiger partial charge in [0.05, 0.1) is 0 Å². The maximum atomic E-state index is 12.3. The molecule has 0 unspecified atom stereocenters. The van der Waals surface area contributed by atoms with Crippen LogP contribution in [-0.2, 0) is 6.18 Å². The topological polar surface area (TPSA) is 65.2 Å². The Balaban J connectivity index is 3.12. The molecule has 1 heterocycles. The molecule has 1 amide bonds. The van der Waals surface area contributed by atoms with Crippen molar-refractivity contribution in [3.63, 3.8) is 0 Å². The Morgan fingerprint density at radius 3 is 2.44 bits per heavy atom. The Bertz CT molecular complexity index is 447. The van der Waals surface area contributed by atoms with Gasteiger partial charge in [0.25, 0.3) is 12.3 Å². The monoisotopic (exact) mass is 270 g/mol. The van der Waals surface area contributed by atoms with E-state index < -0.39 is 42.3 Å². The molecule has 0 aliphatic heterocycles. The Morgan fingerprint density at radius 2 is 2.00 bits per heavy atom. The summed E-state index contributed by atoms with van der Waals surface area (Å²) in [6.45, 7) is -1.19. The highest BCUT2D eigenvalue weighted by molar-refractivity contribution is 5.95. The summed E-state index contributed by atoms with van der Waals surface area (Å²) in [4.78, 5) is 13.8. The molecule has 1 aromatic heterocycles. The van der Waals surface area contributed by atoms with Crippen molar-refractivity contribution in [2.24, 2.45) is 5.73 Å². The van der Waals surface area contributed by atoms with E-state index in [1.54, 1.807) is 0 Å². The summed E-state index contributed by atoms with van der Waals surface area (Å²) in [5.74, 6) is -1.99. The number of carbonyl (C=O) groups excluding carboxylic acids is 1. The van der Waals surface area contributed by atoms with Crippen LogP contribution in [0.2, 0.25) is 0 Å². The Morgan fingerprint density at radius 1 is 1.39 bits per heavy atom. The van der Waals surface area contributed by atoms with Gasteiger partial charge >= 0.3 is 6.18 Å². The van der Waals surface area contributed by atoms with Crippen LogP contribution in [0.5, 0.6) is 5.88 Å². The zero-order chi connectivity index (χ0) is 13.9. The molecule has 0 aliphatic carbocycles. The van der Waals surface area contributed by atoms with Crippen LogP contribution in [0.25, 0.3) is 0 Å². The van der Waals surface area contributed by atoms with Gasteiger partial charge in [-0.15, -0.1) is 0 Å². The third kappa shape index (κ3) is 3.54. The molecule has 0 fully saturated rings. The third-order valence-electron chi connectivity index (χ3n) is 1.76. The molecule has 0 aliphatic rings. The number of hydrogen-bond donors (Lipinski definition) is 1. The maximum Gasteiger partial charge on any atom is 0.433 e. The van der Waals surface area contributed by atoms with Crippen molar-refractivity contribution in [2.45, 2.75) is 12.6 Å². The number of ether oxygens (including phenoxy) is 1. The molecule has 0 saturated carbocycles. The fourth-order valence-corrected chi connectivity index (χ4v) is 1.04. The van der Waals surface area contributed by atoms with Crippen LogP contribution in [0.1, 0.15) is 16.1 Å². The second kappa shape index (κ2) is 5.15. The molecular weight excluding hydrogens is 263 g/mol. The Kier molecular flexibility index (Phi) is 4.04.